The molecule has 1 aromatic heterocycles. The molecule has 1 rings (SSSR count). The lowest BCUT2D eigenvalue weighted by Crippen LogP contribution is -2.40. The Bertz CT molecular complexity index is 495. The van der Waals surface area contributed by atoms with Gasteiger partial charge in [0, 0.05) is 0 Å². The Balaban J connectivity index is 2.54. The number of amides is 1. The number of nitrogens with one attached hydrogen (secondary N) is 1. The van der Waals surface area contributed by atoms with Gasteiger partial charge in [-0.15, -0.1) is 0 Å². The fraction of sp³-hybridized carbons (Fsp3) is 0.636. The molecule has 1 amide bonds. The number of nitrogens with zero attached hydrogens (tertiary/aromatic N) is 3. The summed E-state index contributed by atoms with van der Waals surface area (Å²) in [6.45, 7) is 5.32. The van der Waals surface area contributed by atoms with Crippen LogP contribution in [0, 0.1) is 10.1 Å². The van der Waals surface area contributed by atoms with Crippen LogP contribution in [0.3, 0.4) is 0 Å². The first kappa shape index (κ1) is 16.9. The first-order valence-corrected chi connectivity index (χ1v) is 6.21. The normalized spacial score (nSPS) is 12.8. The summed E-state index contributed by atoms with van der Waals surface area (Å²) in [7, 11) is 0. The molecule has 0 saturated heterocycles. The van der Waals surface area contributed by atoms with E-state index in [0.29, 0.717) is 0 Å². The Morgan fingerprint density at radius 1 is 1.62 bits per heavy atom. The highest BCUT2D eigenvalue weighted by Gasteiger charge is 2.21. The number of ether oxygens (including phenoxy) is 1. The third-order valence-electron chi connectivity index (χ3n) is 2.32. The zero-order valence-corrected chi connectivity index (χ0v) is 12.1. The molecule has 1 heterocycles. The Hall–Kier alpha value is -2.20. The van der Waals surface area contributed by atoms with Gasteiger partial charge in [0.2, 0.25) is 0 Å². The van der Waals surface area contributed by atoms with Gasteiger partial charge in [0.1, 0.15) is 30.6 Å². The smallest absolute Gasteiger partial charge is 0.434 e. The monoisotopic (exact) mass is 301 g/mol. The van der Waals surface area contributed by atoms with Crippen molar-refractivity contribution in [2.45, 2.75) is 39.0 Å². The molecule has 21 heavy (non-hydrogen) atoms. The number of rotatable bonds is 6. The van der Waals surface area contributed by atoms with E-state index in [0.717, 1.165) is 0 Å². The Kier molecular flexibility index (Phi) is 5.61. The molecule has 0 aliphatic heterocycles. The number of carbonyl (C=O) groups is 1. The van der Waals surface area contributed by atoms with Crippen LogP contribution in [0.25, 0.3) is 0 Å². The summed E-state index contributed by atoms with van der Waals surface area (Å²) in [5.41, 5.74) is -0.619. The number of hydrogen-bond donors (Lipinski definition) is 2. The van der Waals surface area contributed by atoms with Gasteiger partial charge in [-0.25, -0.2) is 15.3 Å². The third-order valence-corrected chi connectivity index (χ3v) is 2.32. The van der Waals surface area contributed by atoms with E-state index >= 15 is 0 Å². The molecular weight excluding hydrogens is 282 g/mol. The molecule has 118 valence electrons. The molecule has 0 aromatic carbocycles. The molecule has 0 unspecified atom stereocenters. The summed E-state index contributed by atoms with van der Waals surface area (Å²) in [6, 6.07) is 0. The van der Waals surface area contributed by atoms with Crippen molar-refractivity contribution < 1.29 is 19.3 Å². The minimum atomic E-state index is -0.662. The summed E-state index contributed by atoms with van der Waals surface area (Å²) in [5.74, 6) is 4.81. The molecule has 3 N–H and O–H groups in total. The van der Waals surface area contributed by atoms with Crippen molar-refractivity contribution in [3.8, 4) is 0 Å². The molecule has 0 saturated carbocycles. The van der Waals surface area contributed by atoms with Gasteiger partial charge in [-0.3, -0.25) is 4.84 Å². The number of nitrogens with two attached hydrogens (primary N) is 1. The molecule has 0 aliphatic carbocycles. The molecule has 0 fully saturated rings. The highest BCUT2D eigenvalue weighted by molar-refractivity contribution is 5.67. The first-order chi connectivity index (χ1) is 9.73. The quantitative estimate of drug-likeness (QED) is 0.579. The number of carbonyl (C=O) groups excluding carboxylic acids is 1. The van der Waals surface area contributed by atoms with Crippen molar-refractivity contribution in [2.24, 2.45) is 5.90 Å². The molecule has 0 bridgehead atoms. The van der Waals surface area contributed by atoms with Crippen LogP contribution in [0.1, 0.15) is 20.8 Å². The average Bonchev–Trinajstić information content (AvgIpc) is 2.80. The van der Waals surface area contributed by atoms with Crippen LogP contribution in [0.2, 0.25) is 0 Å². The fourth-order valence-electron chi connectivity index (χ4n) is 1.50. The topological polar surface area (TPSA) is 135 Å². The van der Waals surface area contributed by atoms with Gasteiger partial charge < -0.3 is 20.2 Å². The maximum atomic E-state index is 11.5. The van der Waals surface area contributed by atoms with E-state index in [-0.39, 0.29) is 19.0 Å². The maximum absolute atomic E-state index is 11.5. The van der Waals surface area contributed by atoms with Gasteiger partial charge in [0.05, 0.1) is 6.54 Å². The summed E-state index contributed by atoms with van der Waals surface area (Å²) in [5, 5.41) is 13.2. The van der Waals surface area contributed by atoms with E-state index in [9.17, 15) is 14.9 Å². The van der Waals surface area contributed by atoms with Crippen LogP contribution in [-0.4, -0.2) is 38.8 Å². The van der Waals surface area contributed by atoms with Gasteiger partial charge in [0.25, 0.3) is 0 Å². The standard InChI is InChI=1S/C11H19N5O5/c1-11(2,3)20-10(17)14-6-8(21-12)7-15-5-4-13-9(15)16(18)19/h4-5,8H,6-7,12H2,1-3H3,(H,14,17)/t8-/m1/s1. The Morgan fingerprint density at radius 3 is 2.81 bits per heavy atom. The third kappa shape index (κ3) is 5.75. The van der Waals surface area contributed by atoms with Crippen LogP contribution in [-0.2, 0) is 16.1 Å². The molecule has 0 spiro atoms. The van der Waals surface area contributed by atoms with Crippen molar-refractivity contribution >= 4 is 12.0 Å². The van der Waals surface area contributed by atoms with E-state index in [2.05, 4.69) is 10.3 Å². The van der Waals surface area contributed by atoms with E-state index in [1.807, 2.05) is 0 Å². The SMILES string of the molecule is CC(C)(C)OC(=O)NC[C@H](Cn1ccnc1[N+](=O)[O-])ON. The molecule has 10 nitrogen and oxygen atoms in total. The molecule has 0 aliphatic rings. The lowest BCUT2D eigenvalue weighted by molar-refractivity contribution is -0.397. The van der Waals surface area contributed by atoms with Crippen LogP contribution in [0.15, 0.2) is 12.4 Å². The summed E-state index contributed by atoms with van der Waals surface area (Å²) in [4.78, 5) is 29.9. The molecule has 10 heteroatoms. The van der Waals surface area contributed by atoms with Crippen molar-refractivity contribution in [3.05, 3.63) is 22.5 Å². The number of imidazole rings is 1. The van der Waals surface area contributed by atoms with Crippen molar-refractivity contribution in [2.75, 3.05) is 6.54 Å². The van der Waals surface area contributed by atoms with Crippen LogP contribution in [0.4, 0.5) is 10.7 Å². The molecule has 0 radical (unpaired) electrons. The second-order valence-corrected chi connectivity index (χ2v) is 5.28. The molecule has 1 atom stereocenters. The number of aromatic nitrogens is 2. The molecule has 1 aromatic rings. The highest BCUT2D eigenvalue weighted by Crippen LogP contribution is 2.09. The van der Waals surface area contributed by atoms with Crippen LogP contribution in [0.5, 0.6) is 0 Å². The maximum Gasteiger partial charge on any atom is 0.434 e. The van der Waals surface area contributed by atoms with Gasteiger partial charge in [-0.1, -0.05) is 4.98 Å². The van der Waals surface area contributed by atoms with E-state index < -0.39 is 22.7 Å². The number of alkyl carbamates (subject to hydrolysis) is 1. The highest BCUT2D eigenvalue weighted by atomic mass is 16.6. The van der Waals surface area contributed by atoms with Crippen molar-refractivity contribution in [1.82, 2.24) is 14.9 Å². The van der Waals surface area contributed by atoms with Crippen LogP contribution >= 0.6 is 0 Å². The summed E-state index contributed by atoms with van der Waals surface area (Å²) in [6.07, 6.45) is 1.44. The minimum Gasteiger partial charge on any atom is -0.444 e. The van der Waals surface area contributed by atoms with Gasteiger partial charge in [-0.2, -0.15) is 0 Å². The zero-order chi connectivity index (χ0) is 16.0. The van der Waals surface area contributed by atoms with Crippen molar-refractivity contribution in [3.63, 3.8) is 0 Å². The Labute approximate surface area is 121 Å². The second-order valence-electron chi connectivity index (χ2n) is 5.28. The van der Waals surface area contributed by atoms with E-state index in [4.69, 9.17) is 15.5 Å². The average molecular weight is 301 g/mol. The fourth-order valence-corrected chi connectivity index (χ4v) is 1.50. The largest absolute Gasteiger partial charge is 0.444 e. The predicted octanol–water partition coefficient (Wildman–Crippen LogP) is 0.575. The number of hydrogen-bond acceptors (Lipinski definition) is 7. The lowest BCUT2D eigenvalue weighted by Gasteiger charge is -2.21. The zero-order valence-electron chi connectivity index (χ0n) is 12.1. The number of nitro groups is 1. The lowest BCUT2D eigenvalue weighted by atomic mass is 10.2. The van der Waals surface area contributed by atoms with Crippen molar-refractivity contribution in [1.29, 1.82) is 0 Å². The second kappa shape index (κ2) is 6.99. The van der Waals surface area contributed by atoms with E-state index in [1.54, 1.807) is 20.8 Å². The Morgan fingerprint density at radius 2 is 2.29 bits per heavy atom. The minimum absolute atomic E-state index is 0.0424. The first-order valence-electron chi connectivity index (χ1n) is 6.21. The molecular formula is C11H19N5O5. The van der Waals surface area contributed by atoms with Crippen LogP contribution < -0.4 is 11.2 Å². The summed E-state index contributed by atoms with van der Waals surface area (Å²) < 4.78 is 6.33. The van der Waals surface area contributed by atoms with E-state index in [1.165, 1.54) is 17.0 Å². The predicted molar refractivity (Wildman–Crippen MR) is 72.2 cm³/mol. The van der Waals surface area contributed by atoms with Gasteiger partial charge in [-0.05, 0) is 25.7 Å². The van der Waals surface area contributed by atoms with Gasteiger partial charge >= 0.3 is 12.0 Å². The van der Waals surface area contributed by atoms with Gasteiger partial charge in [0.15, 0.2) is 0 Å². The summed E-state index contributed by atoms with van der Waals surface area (Å²) >= 11 is 0.